The number of nitrogens with zero attached hydrogens (tertiary/aromatic N) is 2. The summed E-state index contributed by atoms with van der Waals surface area (Å²) in [7, 11) is 1.39. The summed E-state index contributed by atoms with van der Waals surface area (Å²) in [4.78, 5) is 23.3. The van der Waals surface area contributed by atoms with Crippen molar-refractivity contribution in [2.45, 2.75) is 19.9 Å². The third kappa shape index (κ3) is 5.19. The quantitative estimate of drug-likeness (QED) is 0.572. The fraction of sp³-hybridized carbons (Fsp3) is 0.227. The SMILES string of the molecule is COc1cc(C(=O)NC(C)c2ccc(-n3cc(C)cn3)c(F)c2)ccc1OCC(=O)O. The van der Waals surface area contributed by atoms with Gasteiger partial charge in [0, 0.05) is 11.8 Å². The molecule has 8 nitrogen and oxygen atoms in total. The summed E-state index contributed by atoms with van der Waals surface area (Å²) in [5.74, 6) is -1.54. The van der Waals surface area contributed by atoms with Crippen LogP contribution in [0.5, 0.6) is 11.5 Å². The molecule has 2 N–H and O–H groups in total. The van der Waals surface area contributed by atoms with E-state index in [0.717, 1.165) is 5.56 Å². The monoisotopic (exact) mass is 427 g/mol. The Morgan fingerprint density at radius 2 is 2.00 bits per heavy atom. The van der Waals surface area contributed by atoms with E-state index in [4.69, 9.17) is 14.6 Å². The molecule has 1 heterocycles. The van der Waals surface area contributed by atoms with Gasteiger partial charge in [0.1, 0.15) is 11.5 Å². The Kier molecular flexibility index (Phi) is 6.54. The molecule has 0 aliphatic heterocycles. The molecule has 0 bridgehead atoms. The number of carbonyl (C=O) groups is 2. The highest BCUT2D eigenvalue weighted by molar-refractivity contribution is 5.95. The van der Waals surface area contributed by atoms with Gasteiger partial charge in [-0.25, -0.2) is 13.9 Å². The third-order valence-electron chi connectivity index (χ3n) is 4.55. The molecule has 9 heteroatoms. The molecule has 3 rings (SSSR count). The highest BCUT2D eigenvalue weighted by atomic mass is 19.1. The average molecular weight is 427 g/mol. The van der Waals surface area contributed by atoms with E-state index in [0.29, 0.717) is 11.3 Å². The predicted octanol–water partition coefficient (Wildman–Crippen LogP) is 3.28. The second kappa shape index (κ2) is 9.29. The number of aliphatic carboxylic acids is 1. The molecule has 31 heavy (non-hydrogen) atoms. The van der Waals surface area contributed by atoms with Crippen molar-refractivity contribution in [1.29, 1.82) is 0 Å². The minimum Gasteiger partial charge on any atom is -0.493 e. The number of rotatable bonds is 8. The van der Waals surface area contributed by atoms with E-state index in [2.05, 4.69) is 10.4 Å². The lowest BCUT2D eigenvalue weighted by atomic mass is 10.1. The Balaban J connectivity index is 1.72. The normalized spacial score (nSPS) is 11.6. The van der Waals surface area contributed by atoms with Gasteiger partial charge in [-0.05, 0) is 55.3 Å². The standard InChI is InChI=1S/C22H22FN3O5/c1-13-10-24-26(11-13)18-6-4-15(8-17(18)23)14(2)25-22(29)16-5-7-19(20(9-16)30-3)31-12-21(27)28/h4-11,14H,12H2,1-3H3,(H,25,29)(H,27,28). The summed E-state index contributed by atoms with van der Waals surface area (Å²) >= 11 is 0. The van der Waals surface area contributed by atoms with Gasteiger partial charge in [-0.1, -0.05) is 6.07 Å². The summed E-state index contributed by atoms with van der Waals surface area (Å²) in [6.07, 6.45) is 3.36. The van der Waals surface area contributed by atoms with Crippen LogP contribution in [0.1, 0.15) is 34.5 Å². The summed E-state index contributed by atoms with van der Waals surface area (Å²) in [6, 6.07) is 8.63. The number of aryl methyl sites for hydroxylation is 1. The molecule has 0 aliphatic rings. The van der Waals surface area contributed by atoms with Crippen LogP contribution >= 0.6 is 0 Å². The maximum atomic E-state index is 14.6. The van der Waals surface area contributed by atoms with Crippen molar-refractivity contribution < 1.29 is 28.6 Å². The first-order valence-electron chi connectivity index (χ1n) is 9.43. The first kappa shape index (κ1) is 21.8. The van der Waals surface area contributed by atoms with E-state index in [1.165, 1.54) is 36.1 Å². The number of amides is 1. The maximum Gasteiger partial charge on any atom is 0.341 e. The van der Waals surface area contributed by atoms with E-state index in [9.17, 15) is 14.0 Å². The number of methoxy groups -OCH3 is 1. The zero-order valence-electron chi connectivity index (χ0n) is 17.3. The summed E-state index contributed by atoms with van der Waals surface area (Å²) in [5.41, 5.74) is 2.11. The van der Waals surface area contributed by atoms with Gasteiger partial charge in [0.15, 0.2) is 18.1 Å². The van der Waals surface area contributed by atoms with Gasteiger partial charge in [-0.3, -0.25) is 4.79 Å². The maximum absolute atomic E-state index is 14.6. The van der Waals surface area contributed by atoms with Gasteiger partial charge in [0.2, 0.25) is 0 Å². The highest BCUT2D eigenvalue weighted by Gasteiger charge is 2.16. The van der Waals surface area contributed by atoms with Crippen molar-refractivity contribution in [2.24, 2.45) is 0 Å². The summed E-state index contributed by atoms with van der Waals surface area (Å²) in [5, 5.41) is 15.6. The first-order valence-corrected chi connectivity index (χ1v) is 9.43. The van der Waals surface area contributed by atoms with Crippen LogP contribution in [0, 0.1) is 12.7 Å². The minimum atomic E-state index is -1.13. The number of hydrogen-bond acceptors (Lipinski definition) is 5. The molecule has 1 unspecified atom stereocenters. The van der Waals surface area contributed by atoms with Crippen LogP contribution < -0.4 is 14.8 Å². The third-order valence-corrected chi connectivity index (χ3v) is 4.55. The number of nitrogens with one attached hydrogen (secondary N) is 1. The fourth-order valence-corrected chi connectivity index (χ4v) is 2.95. The smallest absolute Gasteiger partial charge is 0.341 e. The summed E-state index contributed by atoms with van der Waals surface area (Å²) in [6.45, 7) is 3.08. The molecule has 0 saturated carbocycles. The van der Waals surface area contributed by atoms with E-state index >= 15 is 0 Å². The Labute approximate surface area is 178 Å². The number of aromatic nitrogens is 2. The number of carbonyl (C=O) groups excluding carboxylic acids is 1. The Bertz CT molecular complexity index is 1110. The number of ether oxygens (including phenoxy) is 2. The predicted molar refractivity (Wildman–Crippen MR) is 110 cm³/mol. The Morgan fingerprint density at radius 3 is 2.61 bits per heavy atom. The van der Waals surface area contributed by atoms with Crippen molar-refractivity contribution in [1.82, 2.24) is 15.1 Å². The molecule has 0 fully saturated rings. The second-order valence-corrected chi connectivity index (χ2v) is 6.92. The molecular weight excluding hydrogens is 405 g/mol. The van der Waals surface area contributed by atoms with Gasteiger partial charge in [0.05, 0.1) is 19.3 Å². The van der Waals surface area contributed by atoms with Gasteiger partial charge in [0.25, 0.3) is 5.91 Å². The van der Waals surface area contributed by atoms with E-state index < -0.39 is 30.3 Å². The Morgan fingerprint density at radius 1 is 1.23 bits per heavy atom. The molecule has 0 saturated heterocycles. The largest absolute Gasteiger partial charge is 0.493 e. The van der Waals surface area contributed by atoms with Gasteiger partial charge >= 0.3 is 5.97 Å². The zero-order valence-corrected chi connectivity index (χ0v) is 17.3. The molecule has 1 aromatic heterocycles. The van der Waals surface area contributed by atoms with Crippen molar-refractivity contribution in [3.05, 3.63) is 71.3 Å². The first-order chi connectivity index (χ1) is 14.8. The lowest BCUT2D eigenvalue weighted by molar-refractivity contribution is -0.139. The molecule has 1 atom stereocenters. The van der Waals surface area contributed by atoms with Crippen LogP contribution in [-0.2, 0) is 4.79 Å². The molecule has 0 aliphatic carbocycles. The van der Waals surface area contributed by atoms with Gasteiger partial charge in [-0.2, -0.15) is 5.10 Å². The van der Waals surface area contributed by atoms with Crippen LogP contribution in [0.3, 0.4) is 0 Å². The molecule has 3 aromatic rings. The molecule has 0 radical (unpaired) electrons. The van der Waals surface area contributed by atoms with Crippen LogP contribution in [0.15, 0.2) is 48.8 Å². The fourth-order valence-electron chi connectivity index (χ4n) is 2.95. The average Bonchev–Trinajstić information content (AvgIpc) is 3.17. The van der Waals surface area contributed by atoms with Crippen molar-refractivity contribution in [3.63, 3.8) is 0 Å². The zero-order chi connectivity index (χ0) is 22.5. The lowest BCUT2D eigenvalue weighted by Gasteiger charge is -2.16. The Hall–Kier alpha value is -3.88. The number of carboxylic acid groups (broad SMARTS) is 1. The second-order valence-electron chi connectivity index (χ2n) is 6.92. The van der Waals surface area contributed by atoms with Crippen LogP contribution in [0.2, 0.25) is 0 Å². The van der Waals surface area contributed by atoms with Crippen LogP contribution in [-0.4, -0.2) is 40.5 Å². The van der Waals surface area contributed by atoms with Crippen molar-refractivity contribution >= 4 is 11.9 Å². The van der Waals surface area contributed by atoms with Crippen molar-refractivity contribution in [3.8, 4) is 17.2 Å². The molecular formula is C22H22FN3O5. The molecule has 2 aromatic carbocycles. The highest BCUT2D eigenvalue weighted by Crippen LogP contribution is 2.28. The van der Waals surface area contributed by atoms with Crippen LogP contribution in [0.4, 0.5) is 4.39 Å². The topological polar surface area (TPSA) is 103 Å². The molecule has 1 amide bonds. The number of hydrogen-bond donors (Lipinski definition) is 2. The van der Waals surface area contributed by atoms with E-state index in [-0.39, 0.29) is 17.1 Å². The molecule has 162 valence electrons. The van der Waals surface area contributed by atoms with Gasteiger partial charge in [-0.15, -0.1) is 0 Å². The molecule has 0 spiro atoms. The number of benzene rings is 2. The number of carboxylic acids is 1. The van der Waals surface area contributed by atoms with Crippen LogP contribution in [0.25, 0.3) is 5.69 Å². The number of halogens is 1. The minimum absolute atomic E-state index is 0.209. The van der Waals surface area contributed by atoms with E-state index in [1.807, 2.05) is 6.92 Å². The summed E-state index contributed by atoms with van der Waals surface area (Å²) < 4.78 is 26.4. The van der Waals surface area contributed by atoms with Gasteiger partial charge < -0.3 is 19.9 Å². The lowest BCUT2D eigenvalue weighted by Crippen LogP contribution is -2.26. The van der Waals surface area contributed by atoms with Crippen molar-refractivity contribution in [2.75, 3.05) is 13.7 Å². The van der Waals surface area contributed by atoms with E-state index in [1.54, 1.807) is 31.5 Å².